The van der Waals surface area contributed by atoms with Crippen LogP contribution in [0, 0.1) is 0 Å². The van der Waals surface area contributed by atoms with Crippen molar-refractivity contribution in [2.45, 2.75) is 95.3 Å². The van der Waals surface area contributed by atoms with Crippen molar-refractivity contribution in [3.63, 3.8) is 0 Å². The average Bonchev–Trinajstić information content (AvgIpc) is 2.76. The molecule has 0 aromatic heterocycles. The van der Waals surface area contributed by atoms with Gasteiger partial charge in [0.1, 0.15) is 11.5 Å². The van der Waals surface area contributed by atoms with E-state index in [0.717, 1.165) is 18.4 Å². The number of benzene rings is 2. The summed E-state index contributed by atoms with van der Waals surface area (Å²) >= 11 is 0. The van der Waals surface area contributed by atoms with Gasteiger partial charge in [-0.2, -0.15) is 8.42 Å². The van der Waals surface area contributed by atoms with Gasteiger partial charge in [0.2, 0.25) is 0 Å². The van der Waals surface area contributed by atoms with Gasteiger partial charge in [0, 0.05) is 0 Å². The van der Waals surface area contributed by atoms with E-state index < -0.39 is 10.1 Å². The summed E-state index contributed by atoms with van der Waals surface area (Å²) in [4.78, 5) is -0.215. The van der Waals surface area contributed by atoms with E-state index in [-0.39, 0.29) is 67.8 Å². The molecule has 0 aliphatic rings. The van der Waals surface area contributed by atoms with E-state index in [1.54, 1.807) is 6.07 Å². The molecule has 5 nitrogen and oxygen atoms in total. The quantitative estimate of drug-likeness (QED) is 0.213. The largest absolute Gasteiger partial charge is 1.00 e. The van der Waals surface area contributed by atoms with E-state index in [1.807, 2.05) is 6.07 Å². The monoisotopic (exact) mass is 500 g/mol. The number of hydrogen-bond donors (Lipinski definition) is 1. The van der Waals surface area contributed by atoms with Crippen LogP contribution in [-0.4, -0.2) is 13.0 Å². The molecular weight excluding hydrogens is 463 g/mol. The Bertz CT molecular complexity index is 897. The van der Waals surface area contributed by atoms with Crippen LogP contribution in [0.15, 0.2) is 47.4 Å². The minimum Gasteiger partial charge on any atom is -0.870 e. The fourth-order valence-corrected chi connectivity index (χ4v) is 4.24. The van der Waals surface area contributed by atoms with Crippen molar-refractivity contribution in [2.75, 3.05) is 0 Å². The first kappa shape index (κ1) is 30.6. The molecule has 0 atom stereocenters. The number of aryl methyl sites for hydroxylation is 1. The van der Waals surface area contributed by atoms with Crippen molar-refractivity contribution in [1.29, 1.82) is 0 Å². The summed E-state index contributed by atoms with van der Waals surface area (Å²) in [5.74, 6) is 0.348. The summed E-state index contributed by atoms with van der Waals surface area (Å²) in [6, 6.07) is 10.4. The Balaban J connectivity index is 0.00000544. The average molecular weight is 501 g/mol. The van der Waals surface area contributed by atoms with Crippen LogP contribution >= 0.6 is 0 Å². The van der Waals surface area contributed by atoms with Gasteiger partial charge in [0.15, 0.2) is 0 Å². The minimum absolute atomic E-state index is 0. The van der Waals surface area contributed by atoms with Gasteiger partial charge in [-0.1, -0.05) is 95.4 Å². The van der Waals surface area contributed by atoms with Crippen molar-refractivity contribution in [2.24, 2.45) is 0 Å². The molecule has 0 spiro atoms. The third-order valence-electron chi connectivity index (χ3n) is 5.68. The van der Waals surface area contributed by atoms with E-state index in [0.29, 0.717) is 5.75 Å². The molecule has 33 heavy (non-hydrogen) atoms. The summed E-state index contributed by atoms with van der Waals surface area (Å²) in [5.41, 5.74) is 1.06. The van der Waals surface area contributed by atoms with E-state index in [4.69, 9.17) is 9.29 Å². The van der Waals surface area contributed by atoms with Crippen molar-refractivity contribution in [1.82, 2.24) is 0 Å². The van der Waals surface area contributed by atoms with Crippen LogP contribution in [0.25, 0.3) is 0 Å². The Hall–Kier alpha value is -0.414. The molecule has 0 aliphatic heterocycles. The fraction of sp³-hybridized carbons (Fsp3) is 0.538. The normalized spacial score (nSPS) is 11.2. The number of hydrogen-bond acceptors (Lipinski definition) is 4. The van der Waals surface area contributed by atoms with Crippen molar-refractivity contribution >= 4 is 10.1 Å². The van der Waals surface area contributed by atoms with Crippen molar-refractivity contribution in [3.05, 3.63) is 48.0 Å². The predicted octanol–water partition coefficient (Wildman–Crippen LogP) is 4.05. The first-order chi connectivity index (χ1) is 15.4. The first-order valence-corrected chi connectivity index (χ1v) is 13.4. The predicted molar refractivity (Wildman–Crippen MR) is 127 cm³/mol. The second kappa shape index (κ2) is 17.1. The minimum atomic E-state index is -4.25. The summed E-state index contributed by atoms with van der Waals surface area (Å²) in [6.45, 7) is 2.25. The molecule has 2 aromatic rings. The maximum Gasteiger partial charge on any atom is 1.00 e. The maximum atomic E-state index is 12.1. The number of ether oxygens (including phenoxy) is 1. The first-order valence-electron chi connectivity index (χ1n) is 12.0. The van der Waals surface area contributed by atoms with Gasteiger partial charge >= 0.3 is 51.4 Å². The molecule has 2 aromatic carbocycles. The molecule has 2 rings (SSSR count). The molecular formula is C26H37KO5S. The zero-order valence-electron chi connectivity index (χ0n) is 20.2. The fourth-order valence-electron chi connectivity index (χ4n) is 3.76. The summed E-state index contributed by atoms with van der Waals surface area (Å²) < 4.78 is 36.9. The zero-order chi connectivity index (χ0) is 23.2. The van der Waals surface area contributed by atoms with Gasteiger partial charge in [-0.15, -0.1) is 0 Å². The molecule has 0 amide bonds. The Morgan fingerprint density at radius 3 is 1.82 bits per heavy atom. The van der Waals surface area contributed by atoms with Crippen LogP contribution in [-0.2, 0) is 16.5 Å². The molecule has 0 fully saturated rings. The van der Waals surface area contributed by atoms with E-state index in [2.05, 4.69) is 6.92 Å². The molecule has 0 saturated carbocycles. The van der Waals surface area contributed by atoms with Crippen LogP contribution in [0.5, 0.6) is 17.2 Å². The number of unbranched alkanes of at least 4 members (excludes halogenated alkanes) is 11. The summed E-state index contributed by atoms with van der Waals surface area (Å²) in [7, 11) is -4.25. The van der Waals surface area contributed by atoms with E-state index in [1.165, 1.54) is 101 Å². The Kier molecular flexibility index (Phi) is 15.9. The van der Waals surface area contributed by atoms with Gasteiger partial charge in [0.25, 0.3) is 10.1 Å². The van der Waals surface area contributed by atoms with Gasteiger partial charge < -0.3 is 9.84 Å². The number of rotatable bonds is 16. The van der Waals surface area contributed by atoms with Crippen molar-refractivity contribution < 1.29 is 74.2 Å². The van der Waals surface area contributed by atoms with Crippen LogP contribution in [0.4, 0.5) is 0 Å². The topological polar surface area (TPSA) is 86.7 Å². The molecule has 7 heteroatoms. The maximum absolute atomic E-state index is 12.1. The SMILES string of the molecule is CCCCCCCCCCCCCCc1ccc([O-])c(Oc2ccc(S(=O)(=O)O)cc2)c1.[K+]. The zero-order valence-corrected chi connectivity index (χ0v) is 24.2. The molecule has 0 heterocycles. The van der Waals surface area contributed by atoms with Crippen LogP contribution in [0.1, 0.15) is 89.5 Å². The standard InChI is InChI=1S/C26H38O5S.K/c1-2-3-4-5-6-7-8-9-10-11-12-13-14-22-15-20-25(27)26(21-22)31-23-16-18-24(19-17-23)32(28,29)30;/h15-21,27H,2-14H2,1H3,(H,28,29,30);/q;+1/p-1. The molecule has 1 N–H and O–H groups in total. The Labute approximate surface area is 242 Å². The van der Waals surface area contributed by atoms with Crippen molar-refractivity contribution in [3.8, 4) is 17.2 Å². The Morgan fingerprint density at radius 1 is 0.788 bits per heavy atom. The molecule has 0 saturated heterocycles. The smallest absolute Gasteiger partial charge is 0.870 e. The second-order valence-corrected chi connectivity index (χ2v) is 9.89. The van der Waals surface area contributed by atoms with Crippen LogP contribution in [0.3, 0.4) is 0 Å². The van der Waals surface area contributed by atoms with Crippen LogP contribution < -0.4 is 61.2 Å². The van der Waals surface area contributed by atoms with Gasteiger partial charge in [-0.05, 0) is 48.7 Å². The molecule has 0 unspecified atom stereocenters. The van der Waals surface area contributed by atoms with E-state index >= 15 is 0 Å². The third kappa shape index (κ3) is 12.7. The van der Waals surface area contributed by atoms with E-state index in [9.17, 15) is 13.5 Å². The second-order valence-electron chi connectivity index (χ2n) is 8.47. The van der Waals surface area contributed by atoms with Gasteiger partial charge in [-0.25, -0.2) is 0 Å². The third-order valence-corrected chi connectivity index (χ3v) is 6.54. The molecule has 178 valence electrons. The summed E-state index contributed by atoms with van der Waals surface area (Å²) in [5, 5.41) is 12.1. The summed E-state index contributed by atoms with van der Waals surface area (Å²) in [6.07, 6.45) is 16.6. The van der Waals surface area contributed by atoms with Crippen LogP contribution in [0.2, 0.25) is 0 Å². The molecule has 0 aliphatic carbocycles. The van der Waals surface area contributed by atoms with Gasteiger partial charge in [0.05, 0.1) is 4.90 Å². The molecule has 0 radical (unpaired) electrons. The molecule has 0 bridgehead atoms. The Morgan fingerprint density at radius 2 is 1.30 bits per heavy atom. The van der Waals surface area contributed by atoms with Gasteiger partial charge in [-0.3, -0.25) is 4.55 Å².